The van der Waals surface area contributed by atoms with E-state index in [4.69, 9.17) is 9.52 Å². The third-order valence-corrected chi connectivity index (χ3v) is 3.26. The number of aliphatic hydroxyl groups is 1. The number of halogens is 3. The molecule has 1 unspecified atom stereocenters. The Bertz CT molecular complexity index is 704. The van der Waals surface area contributed by atoms with Crippen LogP contribution in [0.5, 0.6) is 0 Å². The molecule has 1 aromatic heterocycles. The second-order valence-electron chi connectivity index (χ2n) is 5.14. The number of aromatic nitrogens is 2. The number of hydrogen-bond donors (Lipinski definition) is 2. The summed E-state index contributed by atoms with van der Waals surface area (Å²) in [6.07, 6.45) is -6.25. The molecule has 0 bridgehead atoms. The molecule has 2 rings (SSSR count). The van der Waals surface area contributed by atoms with Crippen LogP contribution in [0.1, 0.15) is 5.56 Å². The van der Waals surface area contributed by atoms with Crippen LogP contribution in [0.15, 0.2) is 29.0 Å². The van der Waals surface area contributed by atoms with Crippen LogP contribution < -0.4 is 5.32 Å². The van der Waals surface area contributed by atoms with E-state index in [1.54, 1.807) is 25.1 Å². The summed E-state index contributed by atoms with van der Waals surface area (Å²) >= 11 is 0. The molecule has 130 valence electrons. The van der Waals surface area contributed by atoms with Crippen molar-refractivity contribution in [3.8, 4) is 11.5 Å². The van der Waals surface area contributed by atoms with Crippen LogP contribution in [-0.4, -0.2) is 52.1 Å². The molecule has 24 heavy (non-hydrogen) atoms. The number of aliphatic hydroxyl groups excluding tert-OH is 1. The van der Waals surface area contributed by atoms with Gasteiger partial charge in [-0.3, -0.25) is 0 Å². The third-order valence-electron chi connectivity index (χ3n) is 3.26. The number of anilines is 1. The van der Waals surface area contributed by atoms with Gasteiger partial charge in [0.1, 0.15) is 0 Å². The van der Waals surface area contributed by atoms with Crippen molar-refractivity contribution in [2.24, 2.45) is 0 Å². The van der Waals surface area contributed by atoms with Crippen molar-refractivity contribution in [1.29, 1.82) is 0 Å². The first-order valence-corrected chi connectivity index (χ1v) is 6.82. The summed E-state index contributed by atoms with van der Waals surface area (Å²) in [7, 11) is 1.15. The Morgan fingerprint density at radius 1 is 1.46 bits per heavy atom. The van der Waals surface area contributed by atoms with E-state index in [0.717, 1.165) is 18.3 Å². The second kappa shape index (κ2) is 6.87. The van der Waals surface area contributed by atoms with Crippen molar-refractivity contribution in [3.05, 3.63) is 30.2 Å². The van der Waals surface area contributed by atoms with Gasteiger partial charge in [-0.05, 0) is 24.6 Å². The van der Waals surface area contributed by atoms with Crippen LogP contribution in [0.2, 0.25) is 0 Å². The number of carbonyl (C=O) groups excluding carboxylic acids is 1. The van der Waals surface area contributed by atoms with Crippen molar-refractivity contribution in [2.45, 2.75) is 19.2 Å². The summed E-state index contributed by atoms with van der Waals surface area (Å²) in [4.78, 5) is 12.8. The lowest BCUT2D eigenvalue weighted by atomic mass is 10.1. The van der Waals surface area contributed by atoms with Crippen molar-refractivity contribution < 1.29 is 27.5 Å². The Hall–Kier alpha value is -2.62. The van der Waals surface area contributed by atoms with E-state index in [-0.39, 0.29) is 5.89 Å². The molecule has 2 N–H and O–H groups in total. The van der Waals surface area contributed by atoms with Gasteiger partial charge < -0.3 is 19.7 Å². The smallest absolute Gasteiger partial charge is 0.416 e. The Labute approximate surface area is 135 Å². The topological polar surface area (TPSA) is 91.5 Å². The number of benzene rings is 1. The van der Waals surface area contributed by atoms with Gasteiger partial charge in [0.05, 0.1) is 6.54 Å². The molecule has 0 saturated carbocycles. The summed E-state index contributed by atoms with van der Waals surface area (Å²) < 4.78 is 42.1. The molecule has 0 aliphatic heterocycles. The highest BCUT2D eigenvalue weighted by atomic mass is 19.4. The highest BCUT2D eigenvalue weighted by Gasteiger charge is 2.39. The van der Waals surface area contributed by atoms with Crippen molar-refractivity contribution in [2.75, 3.05) is 18.9 Å². The highest BCUT2D eigenvalue weighted by molar-refractivity contribution is 5.90. The molecule has 1 atom stereocenters. The number of amides is 2. The number of nitrogens with one attached hydrogen (secondary N) is 1. The van der Waals surface area contributed by atoms with Crippen LogP contribution in [0.4, 0.5) is 23.7 Å². The minimum absolute atomic E-state index is 0.242. The van der Waals surface area contributed by atoms with Gasteiger partial charge >= 0.3 is 12.2 Å². The molecule has 0 aliphatic rings. The van der Waals surface area contributed by atoms with Crippen molar-refractivity contribution >= 4 is 11.7 Å². The van der Waals surface area contributed by atoms with Crippen LogP contribution >= 0.6 is 0 Å². The summed E-state index contributed by atoms with van der Waals surface area (Å²) in [5, 5.41) is 18.8. The lowest BCUT2D eigenvalue weighted by Gasteiger charge is -2.23. The summed E-state index contributed by atoms with van der Waals surface area (Å²) in [5.74, 6) is 0.242. The maximum Gasteiger partial charge on any atom is 0.416 e. The molecule has 0 fully saturated rings. The average molecular weight is 344 g/mol. The van der Waals surface area contributed by atoms with Gasteiger partial charge in [-0.2, -0.15) is 13.2 Å². The zero-order valence-electron chi connectivity index (χ0n) is 12.8. The number of nitrogens with zero attached hydrogens (tertiary/aromatic N) is 3. The number of rotatable bonds is 4. The lowest BCUT2D eigenvalue weighted by molar-refractivity contribution is -0.205. The molecule has 7 nitrogen and oxygen atoms in total. The Morgan fingerprint density at radius 3 is 2.75 bits per heavy atom. The van der Waals surface area contributed by atoms with Crippen molar-refractivity contribution in [3.63, 3.8) is 0 Å². The first-order valence-electron chi connectivity index (χ1n) is 6.82. The largest absolute Gasteiger partial charge is 0.423 e. The Morgan fingerprint density at radius 2 is 2.17 bits per heavy atom. The minimum atomic E-state index is -4.79. The predicted octanol–water partition coefficient (Wildman–Crippen LogP) is 2.43. The van der Waals surface area contributed by atoms with Crippen LogP contribution in [0, 0.1) is 6.92 Å². The fourth-order valence-corrected chi connectivity index (χ4v) is 1.85. The number of likely N-dealkylation sites (N-methyl/N-ethyl adjacent to an activating group) is 1. The zero-order chi connectivity index (χ0) is 17.9. The van der Waals surface area contributed by atoms with E-state index in [0.29, 0.717) is 16.8 Å². The number of carbonyl (C=O) groups is 1. The zero-order valence-corrected chi connectivity index (χ0v) is 12.8. The van der Waals surface area contributed by atoms with Gasteiger partial charge in [-0.25, -0.2) is 4.79 Å². The molecule has 2 aromatic rings. The molecular formula is C14H15F3N4O3. The maximum atomic E-state index is 12.3. The summed E-state index contributed by atoms with van der Waals surface area (Å²) in [6.45, 7) is 0.843. The lowest BCUT2D eigenvalue weighted by Crippen LogP contribution is -2.43. The number of alkyl halides is 3. The highest BCUT2D eigenvalue weighted by Crippen LogP contribution is 2.24. The van der Waals surface area contributed by atoms with Gasteiger partial charge in [-0.15, -0.1) is 10.2 Å². The second-order valence-corrected chi connectivity index (χ2v) is 5.14. The fourth-order valence-electron chi connectivity index (χ4n) is 1.85. The summed E-state index contributed by atoms with van der Waals surface area (Å²) in [6, 6.07) is 4.17. The first-order chi connectivity index (χ1) is 11.2. The van der Waals surface area contributed by atoms with Crippen LogP contribution in [0.25, 0.3) is 11.5 Å². The molecule has 10 heteroatoms. The Balaban J connectivity index is 2.10. The van der Waals surface area contributed by atoms with Crippen LogP contribution in [0.3, 0.4) is 0 Å². The first kappa shape index (κ1) is 17.7. The van der Waals surface area contributed by atoms with E-state index in [9.17, 15) is 18.0 Å². The molecule has 0 radical (unpaired) electrons. The number of hydrogen-bond acceptors (Lipinski definition) is 5. The van der Waals surface area contributed by atoms with E-state index in [1.807, 2.05) is 0 Å². The van der Waals surface area contributed by atoms with E-state index in [2.05, 4.69) is 15.5 Å². The maximum absolute atomic E-state index is 12.3. The standard InChI is InChI=1S/C14H15F3N4O3/c1-8-3-4-9(12-20-18-7-24-12)5-10(8)19-13(23)21(2)6-11(22)14(15,16)17/h3-5,7,11,22H,6H2,1-2H3,(H,19,23). The molecule has 2 amide bonds. The quantitative estimate of drug-likeness (QED) is 0.889. The number of aryl methyl sites for hydroxylation is 1. The SMILES string of the molecule is Cc1ccc(-c2nnco2)cc1NC(=O)N(C)CC(O)C(F)(F)F. The van der Waals surface area contributed by atoms with E-state index < -0.39 is 24.9 Å². The molecule has 0 spiro atoms. The minimum Gasteiger partial charge on any atom is -0.423 e. The van der Waals surface area contributed by atoms with Gasteiger partial charge in [0.2, 0.25) is 12.3 Å². The van der Waals surface area contributed by atoms with E-state index >= 15 is 0 Å². The van der Waals surface area contributed by atoms with Crippen molar-refractivity contribution in [1.82, 2.24) is 15.1 Å². The van der Waals surface area contributed by atoms with Crippen LogP contribution in [-0.2, 0) is 0 Å². The Kier molecular flexibility index (Phi) is 5.07. The molecule has 1 heterocycles. The predicted molar refractivity (Wildman–Crippen MR) is 78.2 cm³/mol. The van der Waals surface area contributed by atoms with Gasteiger partial charge in [0.15, 0.2) is 6.10 Å². The third kappa shape index (κ3) is 4.22. The summed E-state index contributed by atoms with van der Waals surface area (Å²) in [5.41, 5.74) is 1.62. The van der Waals surface area contributed by atoms with Gasteiger partial charge in [0.25, 0.3) is 0 Å². The fraction of sp³-hybridized carbons (Fsp3) is 0.357. The molecule has 0 saturated heterocycles. The van der Waals surface area contributed by atoms with E-state index in [1.165, 1.54) is 0 Å². The molecule has 1 aromatic carbocycles. The monoisotopic (exact) mass is 344 g/mol. The average Bonchev–Trinajstić information content (AvgIpc) is 3.02. The molecular weight excluding hydrogens is 329 g/mol. The normalized spacial score (nSPS) is 12.8. The van der Waals surface area contributed by atoms with Gasteiger partial charge in [0, 0.05) is 18.3 Å². The van der Waals surface area contributed by atoms with Gasteiger partial charge in [-0.1, -0.05) is 6.07 Å². The number of urea groups is 1. The molecule has 0 aliphatic carbocycles.